The van der Waals surface area contributed by atoms with Crippen LogP contribution in [-0.2, 0) is 4.74 Å². The van der Waals surface area contributed by atoms with Gasteiger partial charge in [-0.25, -0.2) is 14.2 Å². The standard InChI is InChI=1S/C14H17FN2O3/c15-12-9(14(18)19)5-6-16-13(12)17-7-8-20-11-4-2-1-3-10(11)17/h5-6,10-11H,1-4,7-8H2,(H,18,19). The number of morpholine rings is 1. The summed E-state index contributed by atoms with van der Waals surface area (Å²) in [6.07, 6.45) is 5.58. The number of carbonyl (C=O) groups is 1. The van der Waals surface area contributed by atoms with Crippen LogP contribution in [0.3, 0.4) is 0 Å². The lowest BCUT2D eigenvalue weighted by molar-refractivity contribution is -0.00925. The lowest BCUT2D eigenvalue weighted by atomic mass is 9.90. The molecule has 0 aromatic carbocycles. The zero-order chi connectivity index (χ0) is 14.1. The van der Waals surface area contributed by atoms with E-state index in [0.717, 1.165) is 25.7 Å². The fourth-order valence-corrected chi connectivity index (χ4v) is 3.16. The number of carboxylic acids is 1. The predicted molar refractivity (Wildman–Crippen MR) is 70.5 cm³/mol. The first-order valence-electron chi connectivity index (χ1n) is 6.94. The Balaban J connectivity index is 1.95. The average molecular weight is 280 g/mol. The van der Waals surface area contributed by atoms with Crippen LogP contribution in [0.25, 0.3) is 0 Å². The fraction of sp³-hybridized carbons (Fsp3) is 0.571. The highest BCUT2D eigenvalue weighted by Crippen LogP contribution is 2.32. The molecule has 6 heteroatoms. The van der Waals surface area contributed by atoms with Crippen molar-refractivity contribution in [3.63, 3.8) is 0 Å². The monoisotopic (exact) mass is 280 g/mol. The maximum Gasteiger partial charge on any atom is 0.338 e. The molecule has 0 spiro atoms. The van der Waals surface area contributed by atoms with E-state index in [9.17, 15) is 9.18 Å². The molecule has 0 radical (unpaired) electrons. The summed E-state index contributed by atoms with van der Waals surface area (Å²) < 4.78 is 20.1. The molecule has 3 rings (SSSR count). The maximum absolute atomic E-state index is 14.3. The number of pyridine rings is 1. The van der Waals surface area contributed by atoms with Gasteiger partial charge in [0.2, 0.25) is 0 Å². The van der Waals surface area contributed by atoms with Gasteiger partial charge in [0, 0.05) is 12.7 Å². The third-order valence-corrected chi connectivity index (χ3v) is 4.11. The highest BCUT2D eigenvalue weighted by atomic mass is 19.1. The Bertz CT molecular complexity index is 521. The number of aromatic nitrogens is 1. The Kier molecular flexibility index (Phi) is 3.56. The molecule has 1 saturated carbocycles. The van der Waals surface area contributed by atoms with Gasteiger partial charge in [-0.3, -0.25) is 0 Å². The van der Waals surface area contributed by atoms with Gasteiger partial charge >= 0.3 is 5.97 Å². The van der Waals surface area contributed by atoms with Crippen molar-refractivity contribution >= 4 is 11.8 Å². The van der Waals surface area contributed by atoms with Crippen LogP contribution in [0.5, 0.6) is 0 Å². The van der Waals surface area contributed by atoms with Crippen molar-refractivity contribution in [2.75, 3.05) is 18.1 Å². The van der Waals surface area contributed by atoms with Crippen LogP contribution in [0.2, 0.25) is 0 Å². The van der Waals surface area contributed by atoms with Gasteiger partial charge in [0.25, 0.3) is 0 Å². The number of hydrogen-bond donors (Lipinski definition) is 1. The molecule has 1 aliphatic heterocycles. The lowest BCUT2D eigenvalue weighted by Crippen LogP contribution is -2.53. The second kappa shape index (κ2) is 5.36. The first-order chi connectivity index (χ1) is 9.68. The summed E-state index contributed by atoms with van der Waals surface area (Å²) in [5.41, 5.74) is -0.325. The van der Waals surface area contributed by atoms with E-state index in [1.807, 2.05) is 4.90 Å². The molecule has 0 amide bonds. The van der Waals surface area contributed by atoms with Gasteiger partial charge in [-0.05, 0) is 18.9 Å². The van der Waals surface area contributed by atoms with E-state index >= 15 is 0 Å². The highest BCUT2D eigenvalue weighted by molar-refractivity contribution is 5.88. The topological polar surface area (TPSA) is 62.7 Å². The SMILES string of the molecule is O=C(O)c1ccnc(N2CCOC3CCCCC32)c1F. The molecule has 2 atom stereocenters. The van der Waals surface area contributed by atoms with Crippen LogP contribution in [0.4, 0.5) is 10.2 Å². The first-order valence-corrected chi connectivity index (χ1v) is 6.94. The molecule has 1 saturated heterocycles. The van der Waals surface area contributed by atoms with Gasteiger partial charge in [-0.15, -0.1) is 0 Å². The van der Waals surface area contributed by atoms with E-state index in [2.05, 4.69) is 4.98 Å². The van der Waals surface area contributed by atoms with Crippen LogP contribution in [0.15, 0.2) is 12.3 Å². The Labute approximate surface area is 116 Å². The number of nitrogens with zero attached hydrogens (tertiary/aromatic N) is 2. The number of halogens is 1. The van der Waals surface area contributed by atoms with E-state index in [1.165, 1.54) is 12.3 Å². The summed E-state index contributed by atoms with van der Waals surface area (Å²) >= 11 is 0. The van der Waals surface area contributed by atoms with E-state index in [0.29, 0.717) is 13.2 Å². The van der Waals surface area contributed by atoms with Gasteiger partial charge in [-0.1, -0.05) is 12.8 Å². The van der Waals surface area contributed by atoms with Crippen molar-refractivity contribution < 1.29 is 19.0 Å². The molecular weight excluding hydrogens is 263 g/mol. The minimum absolute atomic E-state index is 0.101. The number of fused-ring (bicyclic) bond motifs is 1. The molecule has 2 aliphatic rings. The minimum Gasteiger partial charge on any atom is -0.478 e. The average Bonchev–Trinajstić information content (AvgIpc) is 2.47. The van der Waals surface area contributed by atoms with Crippen molar-refractivity contribution in [3.8, 4) is 0 Å². The molecular formula is C14H17FN2O3. The largest absolute Gasteiger partial charge is 0.478 e. The van der Waals surface area contributed by atoms with Crippen molar-refractivity contribution in [2.24, 2.45) is 0 Å². The lowest BCUT2D eigenvalue weighted by Gasteiger charge is -2.44. The second-order valence-electron chi connectivity index (χ2n) is 5.26. The molecule has 20 heavy (non-hydrogen) atoms. The third-order valence-electron chi connectivity index (χ3n) is 4.11. The summed E-state index contributed by atoms with van der Waals surface area (Å²) in [6.45, 7) is 1.08. The molecule has 1 aromatic rings. The summed E-state index contributed by atoms with van der Waals surface area (Å²) in [5, 5.41) is 9.01. The van der Waals surface area contributed by atoms with Crippen molar-refractivity contribution in [3.05, 3.63) is 23.6 Å². The number of carboxylic acid groups (broad SMARTS) is 1. The normalized spacial score (nSPS) is 26.1. The van der Waals surface area contributed by atoms with Gasteiger partial charge in [0.1, 0.15) is 5.56 Å². The quantitative estimate of drug-likeness (QED) is 0.898. The molecule has 2 unspecified atom stereocenters. The first kappa shape index (κ1) is 13.3. The zero-order valence-corrected chi connectivity index (χ0v) is 11.1. The van der Waals surface area contributed by atoms with E-state index in [4.69, 9.17) is 9.84 Å². The molecule has 108 valence electrons. The minimum atomic E-state index is -1.26. The number of hydrogen-bond acceptors (Lipinski definition) is 4. The van der Waals surface area contributed by atoms with Gasteiger partial charge < -0.3 is 14.7 Å². The van der Waals surface area contributed by atoms with Gasteiger partial charge in [0.15, 0.2) is 11.6 Å². The Hall–Kier alpha value is -1.69. The van der Waals surface area contributed by atoms with E-state index in [1.54, 1.807) is 0 Å². The summed E-state index contributed by atoms with van der Waals surface area (Å²) in [7, 11) is 0. The molecule has 2 fully saturated rings. The molecule has 2 heterocycles. The predicted octanol–water partition coefficient (Wildman–Crippen LogP) is 2.07. The number of ether oxygens (including phenoxy) is 1. The zero-order valence-electron chi connectivity index (χ0n) is 11.1. The van der Waals surface area contributed by atoms with E-state index in [-0.39, 0.29) is 23.5 Å². The van der Waals surface area contributed by atoms with Crippen molar-refractivity contribution in [1.82, 2.24) is 4.98 Å². The van der Waals surface area contributed by atoms with Crippen LogP contribution >= 0.6 is 0 Å². The number of rotatable bonds is 2. The maximum atomic E-state index is 14.3. The van der Waals surface area contributed by atoms with Crippen LogP contribution in [0, 0.1) is 5.82 Å². The summed E-state index contributed by atoms with van der Waals surface area (Å²) in [5.74, 6) is -1.86. The molecule has 0 bridgehead atoms. The highest BCUT2D eigenvalue weighted by Gasteiger charge is 2.36. The number of aromatic carboxylic acids is 1. The molecule has 1 aliphatic carbocycles. The molecule has 5 nitrogen and oxygen atoms in total. The fourth-order valence-electron chi connectivity index (χ4n) is 3.16. The van der Waals surface area contributed by atoms with E-state index < -0.39 is 11.8 Å². The van der Waals surface area contributed by atoms with Gasteiger partial charge in [-0.2, -0.15) is 0 Å². The van der Waals surface area contributed by atoms with Crippen molar-refractivity contribution in [2.45, 2.75) is 37.8 Å². The summed E-state index contributed by atoms with van der Waals surface area (Å²) in [6, 6.07) is 1.29. The van der Waals surface area contributed by atoms with Gasteiger partial charge in [0.05, 0.1) is 18.8 Å². The third kappa shape index (κ3) is 2.24. The molecule has 1 N–H and O–H groups in total. The Morgan fingerprint density at radius 3 is 3.05 bits per heavy atom. The Morgan fingerprint density at radius 1 is 1.45 bits per heavy atom. The van der Waals surface area contributed by atoms with Crippen LogP contribution < -0.4 is 4.90 Å². The smallest absolute Gasteiger partial charge is 0.338 e. The number of anilines is 1. The second-order valence-corrected chi connectivity index (χ2v) is 5.26. The van der Waals surface area contributed by atoms with Crippen LogP contribution in [-0.4, -0.2) is 41.4 Å². The van der Waals surface area contributed by atoms with Crippen molar-refractivity contribution in [1.29, 1.82) is 0 Å². The Morgan fingerprint density at radius 2 is 2.25 bits per heavy atom. The molecule has 1 aromatic heterocycles. The van der Waals surface area contributed by atoms with Crippen LogP contribution in [0.1, 0.15) is 36.0 Å². The summed E-state index contributed by atoms with van der Waals surface area (Å²) in [4.78, 5) is 17.0.